The molecule has 1 aromatic rings. The summed E-state index contributed by atoms with van der Waals surface area (Å²) in [7, 11) is 0. The number of hydrogen-bond acceptors (Lipinski definition) is 2. The van der Waals surface area contributed by atoms with Gasteiger partial charge >= 0.3 is 0 Å². The molecule has 0 amide bonds. The molecule has 0 aliphatic carbocycles. The second kappa shape index (κ2) is 4.91. The maximum Gasteiger partial charge on any atom is 0.137 e. The standard InChI is InChI=1S/C12H17NO/c1-9(2)12(14)8-11(13)10-6-4-3-5-7-10/h3-7,9,11H,8,13H2,1-2H3. The van der Waals surface area contributed by atoms with Gasteiger partial charge in [0.2, 0.25) is 0 Å². The fourth-order valence-electron chi connectivity index (χ4n) is 1.27. The van der Waals surface area contributed by atoms with Gasteiger partial charge in [0.1, 0.15) is 5.78 Å². The lowest BCUT2D eigenvalue weighted by Gasteiger charge is -2.12. The lowest BCUT2D eigenvalue weighted by molar-refractivity contribution is -0.122. The molecule has 1 rings (SSSR count). The smallest absolute Gasteiger partial charge is 0.137 e. The Balaban J connectivity index is 2.59. The van der Waals surface area contributed by atoms with E-state index in [9.17, 15) is 4.79 Å². The Kier molecular flexibility index (Phi) is 3.84. The fraction of sp³-hybridized carbons (Fsp3) is 0.417. The third-order valence-corrected chi connectivity index (χ3v) is 2.29. The molecule has 14 heavy (non-hydrogen) atoms. The molecule has 1 unspecified atom stereocenters. The Labute approximate surface area is 85.1 Å². The van der Waals surface area contributed by atoms with Crippen LogP contribution in [0.5, 0.6) is 0 Å². The second-order valence-corrected chi connectivity index (χ2v) is 3.84. The number of carbonyl (C=O) groups is 1. The summed E-state index contributed by atoms with van der Waals surface area (Å²) in [6.07, 6.45) is 0.432. The summed E-state index contributed by atoms with van der Waals surface area (Å²) < 4.78 is 0. The summed E-state index contributed by atoms with van der Waals surface area (Å²) in [6, 6.07) is 9.58. The lowest BCUT2D eigenvalue weighted by Crippen LogP contribution is -2.18. The predicted molar refractivity (Wildman–Crippen MR) is 57.8 cm³/mol. The normalized spacial score (nSPS) is 12.9. The van der Waals surface area contributed by atoms with Crippen molar-refractivity contribution in [2.75, 3.05) is 0 Å². The first kappa shape index (κ1) is 10.9. The van der Waals surface area contributed by atoms with Gasteiger partial charge in [-0.05, 0) is 5.56 Å². The third-order valence-electron chi connectivity index (χ3n) is 2.29. The molecule has 2 nitrogen and oxygen atoms in total. The molecule has 1 atom stereocenters. The van der Waals surface area contributed by atoms with Crippen molar-refractivity contribution in [3.8, 4) is 0 Å². The quantitative estimate of drug-likeness (QED) is 0.793. The number of nitrogens with two attached hydrogens (primary N) is 1. The summed E-state index contributed by atoms with van der Waals surface area (Å²) in [5.74, 6) is 0.297. The van der Waals surface area contributed by atoms with E-state index in [1.165, 1.54) is 0 Å². The largest absolute Gasteiger partial charge is 0.324 e. The number of hydrogen-bond donors (Lipinski definition) is 1. The highest BCUT2D eigenvalue weighted by atomic mass is 16.1. The molecule has 0 aromatic heterocycles. The van der Waals surface area contributed by atoms with Gasteiger partial charge < -0.3 is 5.73 Å². The van der Waals surface area contributed by atoms with E-state index < -0.39 is 0 Å². The van der Waals surface area contributed by atoms with Gasteiger partial charge in [-0.1, -0.05) is 44.2 Å². The summed E-state index contributed by atoms with van der Waals surface area (Å²) in [5, 5.41) is 0. The predicted octanol–water partition coefficient (Wildman–Crippen LogP) is 2.30. The van der Waals surface area contributed by atoms with Crippen LogP contribution >= 0.6 is 0 Å². The van der Waals surface area contributed by atoms with Crippen LogP contribution in [0.15, 0.2) is 30.3 Å². The van der Waals surface area contributed by atoms with Crippen molar-refractivity contribution in [1.82, 2.24) is 0 Å². The van der Waals surface area contributed by atoms with Gasteiger partial charge in [0, 0.05) is 18.4 Å². The minimum Gasteiger partial charge on any atom is -0.324 e. The van der Waals surface area contributed by atoms with Crippen LogP contribution in [-0.2, 0) is 4.79 Å². The van der Waals surface area contributed by atoms with E-state index in [4.69, 9.17) is 5.73 Å². The Morgan fingerprint density at radius 3 is 2.36 bits per heavy atom. The van der Waals surface area contributed by atoms with E-state index in [1.807, 2.05) is 44.2 Å². The molecule has 0 saturated heterocycles. The van der Waals surface area contributed by atoms with Crippen molar-refractivity contribution < 1.29 is 4.79 Å². The highest BCUT2D eigenvalue weighted by molar-refractivity contribution is 5.81. The highest BCUT2D eigenvalue weighted by Crippen LogP contribution is 2.15. The topological polar surface area (TPSA) is 43.1 Å². The van der Waals surface area contributed by atoms with Crippen molar-refractivity contribution in [3.63, 3.8) is 0 Å². The van der Waals surface area contributed by atoms with Crippen LogP contribution in [0.2, 0.25) is 0 Å². The lowest BCUT2D eigenvalue weighted by atomic mass is 9.97. The summed E-state index contributed by atoms with van der Waals surface area (Å²) in [6.45, 7) is 3.81. The first-order valence-electron chi connectivity index (χ1n) is 4.94. The molecule has 2 heteroatoms. The molecule has 0 fully saturated rings. The molecule has 76 valence electrons. The molecule has 0 radical (unpaired) electrons. The van der Waals surface area contributed by atoms with E-state index in [0.29, 0.717) is 6.42 Å². The Hall–Kier alpha value is -1.15. The average molecular weight is 191 g/mol. The van der Waals surface area contributed by atoms with Crippen molar-refractivity contribution in [1.29, 1.82) is 0 Å². The number of Topliss-reactive ketones (excluding diaryl/α,β-unsaturated/α-hetero) is 1. The molecule has 0 heterocycles. The monoisotopic (exact) mass is 191 g/mol. The van der Waals surface area contributed by atoms with Gasteiger partial charge in [-0.2, -0.15) is 0 Å². The van der Waals surface area contributed by atoms with Crippen molar-refractivity contribution in [2.45, 2.75) is 26.3 Å². The van der Waals surface area contributed by atoms with Crippen LogP contribution in [0.4, 0.5) is 0 Å². The molecule has 0 spiro atoms. The van der Waals surface area contributed by atoms with E-state index in [1.54, 1.807) is 0 Å². The first-order valence-corrected chi connectivity index (χ1v) is 4.94. The van der Waals surface area contributed by atoms with E-state index in [0.717, 1.165) is 5.56 Å². The van der Waals surface area contributed by atoms with Crippen LogP contribution < -0.4 is 5.73 Å². The minimum atomic E-state index is -0.161. The van der Waals surface area contributed by atoms with Gasteiger partial charge in [-0.25, -0.2) is 0 Å². The van der Waals surface area contributed by atoms with E-state index >= 15 is 0 Å². The zero-order chi connectivity index (χ0) is 10.6. The summed E-state index contributed by atoms with van der Waals surface area (Å²) in [4.78, 5) is 11.4. The Morgan fingerprint density at radius 2 is 1.86 bits per heavy atom. The zero-order valence-corrected chi connectivity index (χ0v) is 8.73. The number of ketones is 1. The first-order chi connectivity index (χ1) is 6.61. The molecule has 1 aromatic carbocycles. The van der Waals surface area contributed by atoms with Crippen molar-refractivity contribution in [2.24, 2.45) is 11.7 Å². The molecule has 0 bridgehead atoms. The Bertz CT molecular complexity index is 292. The van der Waals surface area contributed by atoms with Crippen LogP contribution in [0.1, 0.15) is 31.9 Å². The van der Waals surface area contributed by atoms with Crippen molar-refractivity contribution >= 4 is 5.78 Å². The summed E-state index contributed by atoms with van der Waals surface area (Å²) >= 11 is 0. The van der Waals surface area contributed by atoms with Gasteiger partial charge in [-0.15, -0.1) is 0 Å². The van der Waals surface area contributed by atoms with Crippen LogP contribution in [0.25, 0.3) is 0 Å². The van der Waals surface area contributed by atoms with Crippen LogP contribution in [0.3, 0.4) is 0 Å². The molecule has 0 saturated carbocycles. The van der Waals surface area contributed by atoms with Gasteiger partial charge in [0.15, 0.2) is 0 Å². The minimum absolute atomic E-state index is 0.0739. The fourth-order valence-corrected chi connectivity index (χ4v) is 1.27. The maximum absolute atomic E-state index is 11.4. The SMILES string of the molecule is CC(C)C(=O)CC(N)c1ccccc1. The average Bonchev–Trinajstić information content (AvgIpc) is 2.19. The van der Waals surface area contributed by atoms with Gasteiger partial charge in [0.05, 0.1) is 0 Å². The Morgan fingerprint density at radius 1 is 1.29 bits per heavy atom. The molecular formula is C12H17NO. The molecule has 0 aliphatic rings. The highest BCUT2D eigenvalue weighted by Gasteiger charge is 2.13. The number of benzene rings is 1. The molecular weight excluding hydrogens is 174 g/mol. The molecule has 2 N–H and O–H groups in total. The number of carbonyl (C=O) groups excluding carboxylic acids is 1. The van der Waals surface area contributed by atoms with Crippen LogP contribution in [0, 0.1) is 5.92 Å². The van der Waals surface area contributed by atoms with Gasteiger partial charge in [-0.3, -0.25) is 4.79 Å². The van der Waals surface area contributed by atoms with Crippen molar-refractivity contribution in [3.05, 3.63) is 35.9 Å². The zero-order valence-electron chi connectivity index (χ0n) is 8.73. The number of rotatable bonds is 4. The van der Waals surface area contributed by atoms with E-state index in [2.05, 4.69) is 0 Å². The van der Waals surface area contributed by atoms with Gasteiger partial charge in [0.25, 0.3) is 0 Å². The summed E-state index contributed by atoms with van der Waals surface area (Å²) in [5.41, 5.74) is 6.94. The maximum atomic E-state index is 11.4. The van der Waals surface area contributed by atoms with Crippen LogP contribution in [-0.4, -0.2) is 5.78 Å². The van der Waals surface area contributed by atoms with E-state index in [-0.39, 0.29) is 17.7 Å². The molecule has 0 aliphatic heterocycles. The second-order valence-electron chi connectivity index (χ2n) is 3.84. The third kappa shape index (κ3) is 2.96.